The third-order valence-electron chi connectivity index (χ3n) is 5.89. The summed E-state index contributed by atoms with van der Waals surface area (Å²) in [5.41, 5.74) is 2.67. The molecule has 2 heterocycles. The summed E-state index contributed by atoms with van der Waals surface area (Å²) in [7, 11) is 0. The summed E-state index contributed by atoms with van der Waals surface area (Å²) in [4.78, 5) is 15.3. The summed E-state index contributed by atoms with van der Waals surface area (Å²) >= 11 is 0. The van der Waals surface area contributed by atoms with Gasteiger partial charge in [-0.25, -0.2) is 0 Å². The Kier molecular flexibility index (Phi) is 3.26. The van der Waals surface area contributed by atoms with Crippen LogP contribution in [0.1, 0.15) is 36.8 Å². The number of amides is 1. The first-order chi connectivity index (χ1) is 10.3. The van der Waals surface area contributed by atoms with Gasteiger partial charge >= 0.3 is 0 Å². The molecular formula is C18H24N2O. The first-order valence-electron chi connectivity index (χ1n) is 8.34. The molecule has 2 fully saturated rings. The number of hydrogen-bond donors (Lipinski definition) is 1. The molecule has 4 atom stereocenters. The maximum absolute atomic E-state index is 13.1. The van der Waals surface area contributed by atoms with E-state index >= 15 is 0 Å². The van der Waals surface area contributed by atoms with Gasteiger partial charge in [-0.15, -0.1) is 0 Å². The van der Waals surface area contributed by atoms with Crippen LogP contribution in [0.15, 0.2) is 24.3 Å². The SMILES string of the molecule is CC1C2CNCC2CN1C(=O)C1CCCc2ccccc21. The van der Waals surface area contributed by atoms with Crippen molar-refractivity contribution < 1.29 is 4.79 Å². The Bertz CT molecular complexity index is 556. The van der Waals surface area contributed by atoms with Gasteiger partial charge in [0, 0.05) is 25.7 Å². The average Bonchev–Trinajstić information content (AvgIpc) is 3.09. The Morgan fingerprint density at radius 2 is 2.14 bits per heavy atom. The van der Waals surface area contributed by atoms with Crippen LogP contribution < -0.4 is 5.32 Å². The lowest BCUT2D eigenvalue weighted by Crippen LogP contribution is -2.41. The average molecular weight is 284 g/mol. The summed E-state index contributed by atoms with van der Waals surface area (Å²) in [6.07, 6.45) is 3.29. The fourth-order valence-electron chi connectivity index (χ4n) is 4.67. The molecule has 2 saturated heterocycles. The standard InChI is InChI=1S/C18H24N2O/c1-12-17-10-19-9-14(17)11-20(12)18(21)16-8-4-6-13-5-2-3-7-15(13)16/h2-3,5,7,12,14,16-17,19H,4,6,8-11H2,1H3. The van der Waals surface area contributed by atoms with Crippen molar-refractivity contribution in [3.05, 3.63) is 35.4 Å². The van der Waals surface area contributed by atoms with E-state index in [2.05, 4.69) is 41.4 Å². The maximum atomic E-state index is 13.1. The maximum Gasteiger partial charge on any atom is 0.230 e. The second-order valence-electron chi connectivity index (χ2n) is 6.96. The van der Waals surface area contributed by atoms with Crippen molar-refractivity contribution >= 4 is 5.91 Å². The van der Waals surface area contributed by atoms with Crippen molar-refractivity contribution in [2.24, 2.45) is 11.8 Å². The van der Waals surface area contributed by atoms with Crippen LogP contribution in [0.5, 0.6) is 0 Å². The minimum atomic E-state index is 0.101. The predicted molar refractivity (Wildman–Crippen MR) is 83.1 cm³/mol. The van der Waals surface area contributed by atoms with Gasteiger partial charge in [0.05, 0.1) is 5.92 Å². The highest BCUT2D eigenvalue weighted by Gasteiger charge is 2.45. The van der Waals surface area contributed by atoms with E-state index in [9.17, 15) is 4.79 Å². The van der Waals surface area contributed by atoms with Gasteiger partial charge in [0.2, 0.25) is 5.91 Å². The highest BCUT2D eigenvalue weighted by molar-refractivity contribution is 5.85. The third kappa shape index (κ3) is 2.10. The summed E-state index contributed by atoms with van der Waals surface area (Å²) in [5.74, 6) is 1.81. The van der Waals surface area contributed by atoms with Crippen molar-refractivity contribution in [1.82, 2.24) is 10.2 Å². The van der Waals surface area contributed by atoms with E-state index in [1.165, 1.54) is 11.1 Å². The predicted octanol–water partition coefficient (Wildman–Crippen LogP) is 2.17. The van der Waals surface area contributed by atoms with E-state index in [4.69, 9.17) is 0 Å². The van der Waals surface area contributed by atoms with Crippen LogP contribution in [0, 0.1) is 11.8 Å². The van der Waals surface area contributed by atoms with Crippen LogP contribution in [-0.2, 0) is 11.2 Å². The van der Waals surface area contributed by atoms with E-state index in [0.29, 0.717) is 23.8 Å². The Balaban J connectivity index is 1.59. The van der Waals surface area contributed by atoms with Gasteiger partial charge in [-0.1, -0.05) is 24.3 Å². The molecule has 0 radical (unpaired) electrons. The van der Waals surface area contributed by atoms with E-state index < -0.39 is 0 Å². The monoisotopic (exact) mass is 284 g/mol. The Hall–Kier alpha value is -1.35. The molecule has 0 bridgehead atoms. The smallest absolute Gasteiger partial charge is 0.230 e. The number of rotatable bonds is 1. The Labute approximate surface area is 126 Å². The largest absolute Gasteiger partial charge is 0.339 e. The molecular weight excluding hydrogens is 260 g/mol. The summed E-state index contributed by atoms with van der Waals surface area (Å²) in [6.45, 7) is 5.36. The van der Waals surface area contributed by atoms with Crippen LogP contribution >= 0.6 is 0 Å². The van der Waals surface area contributed by atoms with E-state index in [1.807, 2.05) is 0 Å². The van der Waals surface area contributed by atoms with Gasteiger partial charge in [-0.3, -0.25) is 4.79 Å². The normalized spacial score (nSPS) is 34.6. The van der Waals surface area contributed by atoms with Gasteiger partial charge in [0.1, 0.15) is 0 Å². The molecule has 1 aliphatic carbocycles. The summed E-state index contributed by atoms with van der Waals surface area (Å²) in [5, 5.41) is 3.47. The third-order valence-corrected chi connectivity index (χ3v) is 5.89. The van der Waals surface area contributed by atoms with Crippen LogP contribution in [0.25, 0.3) is 0 Å². The van der Waals surface area contributed by atoms with Gasteiger partial charge in [0.25, 0.3) is 0 Å². The lowest BCUT2D eigenvalue weighted by Gasteiger charge is -2.32. The van der Waals surface area contributed by atoms with E-state index in [1.54, 1.807) is 0 Å². The summed E-state index contributed by atoms with van der Waals surface area (Å²) in [6, 6.07) is 8.93. The first kappa shape index (κ1) is 13.3. The number of aryl methyl sites for hydroxylation is 1. The number of fused-ring (bicyclic) bond motifs is 2. The zero-order chi connectivity index (χ0) is 14.4. The molecule has 2 aliphatic heterocycles. The summed E-state index contributed by atoms with van der Waals surface area (Å²) < 4.78 is 0. The van der Waals surface area contributed by atoms with Crippen molar-refractivity contribution in [1.29, 1.82) is 0 Å². The molecule has 0 aromatic heterocycles. The van der Waals surface area contributed by atoms with E-state index in [0.717, 1.165) is 38.9 Å². The number of benzene rings is 1. The fraction of sp³-hybridized carbons (Fsp3) is 0.611. The molecule has 3 heteroatoms. The molecule has 4 rings (SSSR count). The number of carbonyl (C=O) groups excluding carboxylic acids is 1. The molecule has 1 amide bonds. The molecule has 1 aromatic rings. The molecule has 3 aliphatic rings. The number of nitrogens with zero attached hydrogens (tertiary/aromatic N) is 1. The first-order valence-corrected chi connectivity index (χ1v) is 8.34. The highest BCUT2D eigenvalue weighted by atomic mass is 16.2. The molecule has 21 heavy (non-hydrogen) atoms. The molecule has 0 spiro atoms. The Morgan fingerprint density at radius 1 is 1.29 bits per heavy atom. The number of likely N-dealkylation sites (tertiary alicyclic amines) is 1. The lowest BCUT2D eigenvalue weighted by atomic mass is 9.82. The minimum absolute atomic E-state index is 0.101. The highest BCUT2D eigenvalue weighted by Crippen LogP contribution is 2.38. The van der Waals surface area contributed by atoms with Crippen LogP contribution in [0.4, 0.5) is 0 Å². The zero-order valence-corrected chi connectivity index (χ0v) is 12.7. The van der Waals surface area contributed by atoms with Gasteiger partial charge in [0.15, 0.2) is 0 Å². The topological polar surface area (TPSA) is 32.3 Å². The van der Waals surface area contributed by atoms with Gasteiger partial charge < -0.3 is 10.2 Å². The molecule has 0 saturated carbocycles. The second kappa shape index (κ2) is 5.13. The number of hydrogen-bond acceptors (Lipinski definition) is 2. The van der Waals surface area contributed by atoms with Crippen molar-refractivity contribution in [3.8, 4) is 0 Å². The van der Waals surface area contributed by atoms with Crippen molar-refractivity contribution in [2.75, 3.05) is 19.6 Å². The second-order valence-corrected chi connectivity index (χ2v) is 6.96. The quantitative estimate of drug-likeness (QED) is 0.857. The van der Waals surface area contributed by atoms with Crippen molar-refractivity contribution in [3.63, 3.8) is 0 Å². The zero-order valence-electron chi connectivity index (χ0n) is 12.7. The van der Waals surface area contributed by atoms with Crippen LogP contribution in [-0.4, -0.2) is 36.5 Å². The fourth-order valence-corrected chi connectivity index (χ4v) is 4.67. The number of nitrogens with one attached hydrogen (secondary N) is 1. The molecule has 1 N–H and O–H groups in total. The molecule has 112 valence electrons. The van der Waals surface area contributed by atoms with Crippen LogP contribution in [0.3, 0.4) is 0 Å². The molecule has 4 unspecified atom stereocenters. The van der Waals surface area contributed by atoms with Crippen LogP contribution in [0.2, 0.25) is 0 Å². The Morgan fingerprint density at radius 3 is 3.00 bits per heavy atom. The van der Waals surface area contributed by atoms with Crippen molar-refractivity contribution in [2.45, 2.75) is 38.1 Å². The van der Waals surface area contributed by atoms with Gasteiger partial charge in [-0.05, 0) is 49.1 Å². The van der Waals surface area contributed by atoms with Gasteiger partial charge in [-0.2, -0.15) is 0 Å². The lowest BCUT2D eigenvalue weighted by molar-refractivity contribution is -0.134. The molecule has 3 nitrogen and oxygen atoms in total. The molecule has 1 aromatic carbocycles. The minimum Gasteiger partial charge on any atom is -0.339 e. The number of carbonyl (C=O) groups is 1. The van der Waals surface area contributed by atoms with E-state index in [-0.39, 0.29) is 5.92 Å².